The first-order valence-corrected chi connectivity index (χ1v) is 6.57. The largest absolute Gasteiger partial charge is 0.370 e. The third-order valence-corrected chi connectivity index (χ3v) is 3.82. The number of thiophene rings is 1. The van der Waals surface area contributed by atoms with E-state index in [4.69, 9.17) is 10.6 Å². The summed E-state index contributed by atoms with van der Waals surface area (Å²) < 4.78 is 5.70. The molecule has 2 aromatic rings. The van der Waals surface area contributed by atoms with Crippen molar-refractivity contribution in [1.29, 1.82) is 0 Å². The second kappa shape index (κ2) is 4.56. The van der Waals surface area contributed by atoms with Crippen molar-refractivity contribution in [3.63, 3.8) is 0 Å². The molecule has 0 bridgehead atoms. The van der Waals surface area contributed by atoms with E-state index in [2.05, 4.69) is 15.4 Å². The predicted molar refractivity (Wildman–Crippen MR) is 67.7 cm³/mol. The standard InChI is InChI=1S/C11H14N4OS/c12-15-10-8-4-5-17-11(8)14-9(13-10)6-16-7-2-1-3-7/h4-5,7H,1-3,6,12H2,(H,13,14,15). The van der Waals surface area contributed by atoms with Gasteiger partial charge in [-0.05, 0) is 30.7 Å². The summed E-state index contributed by atoms with van der Waals surface area (Å²) in [5.41, 5.74) is 2.61. The van der Waals surface area contributed by atoms with Crippen LogP contribution in [0.4, 0.5) is 5.82 Å². The normalized spacial score (nSPS) is 16.1. The fourth-order valence-corrected chi connectivity index (χ4v) is 2.59. The molecule has 0 unspecified atom stereocenters. The van der Waals surface area contributed by atoms with Crippen LogP contribution in [0, 0.1) is 0 Å². The minimum absolute atomic E-state index is 0.395. The van der Waals surface area contributed by atoms with E-state index in [1.165, 1.54) is 6.42 Å². The van der Waals surface area contributed by atoms with Crippen molar-refractivity contribution in [1.82, 2.24) is 9.97 Å². The number of ether oxygens (including phenoxy) is 1. The first-order valence-electron chi connectivity index (χ1n) is 5.69. The average Bonchev–Trinajstić information content (AvgIpc) is 2.73. The lowest BCUT2D eigenvalue weighted by atomic mass is 9.96. The van der Waals surface area contributed by atoms with Gasteiger partial charge in [-0.2, -0.15) is 0 Å². The molecule has 5 nitrogen and oxygen atoms in total. The van der Waals surface area contributed by atoms with Crippen molar-refractivity contribution in [3.8, 4) is 0 Å². The smallest absolute Gasteiger partial charge is 0.158 e. The zero-order chi connectivity index (χ0) is 11.7. The molecule has 17 heavy (non-hydrogen) atoms. The summed E-state index contributed by atoms with van der Waals surface area (Å²) in [6.07, 6.45) is 3.98. The summed E-state index contributed by atoms with van der Waals surface area (Å²) in [5, 5.41) is 2.95. The van der Waals surface area contributed by atoms with E-state index in [9.17, 15) is 0 Å². The van der Waals surface area contributed by atoms with Gasteiger partial charge in [-0.15, -0.1) is 11.3 Å². The summed E-state index contributed by atoms with van der Waals surface area (Å²) in [5.74, 6) is 6.82. The van der Waals surface area contributed by atoms with Crippen molar-refractivity contribution < 1.29 is 4.74 Å². The molecule has 1 fully saturated rings. The molecule has 1 aliphatic carbocycles. The number of rotatable bonds is 4. The van der Waals surface area contributed by atoms with Crippen LogP contribution in [0.1, 0.15) is 25.1 Å². The molecule has 90 valence electrons. The van der Waals surface area contributed by atoms with E-state index in [-0.39, 0.29) is 0 Å². The van der Waals surface area contributed by atoms with Crippen LogP contribution in [-0.4, -0.2) is 16.1 Å². The topological polar surface area (TPSA) is 73.1 Å². The average molecular weight is 250 g/mol. The highest BCUT2D eigenvalue weighted by Crippen LogP contribution is 2.26. The van der Waals surface area contributed by atoms with Gasteiger partial charge in [0.2, 0.25) is 0 Å². The van der Waals surface area contributed by atoms with E-state index in [0.717, 1.165) is 23.1 Å². The van der Waals surface area contributed by atoms with Crippen molar-refractivity contribution in [2.75, 3.05) is 5.43 Å². The summed E-state index contributed by atoms with van der Waals surface area (Å²) >= 11 is 1.58. The van der Waals surface area contributed by atoms with E-state index >= 15 is 0 Å². The maximum absolute atomic E-state index is 5.70. The van der Waals surface area contributed by atoms with Gasteiger partial charge in [0.05, 0.1) is 11.5 Å². The molecule has 2 heterocycles. The van der Waals surface area contributed by atoms with Crippen LogP contribution in [0.3, 0.4) is 0 Å². The Morgan fingerprint density at radius 3 is 3.06 bits per heavy atom. The number of hydrogen-bond acceptors (Lipinski definition) is 6. The molecular weight excluding hydrogens is 236 g/mol. The summed E-state index contributed by atoms with van der Waals surface area (Å²) in [6.45, 7) is 0.465. The van der Waals surface area contributed by atoms with Gasteiger partial charge in [-0.1, -0.05) is 0 Å². The second-order valence-corrected chi connectivity index (χ2v) is 5.03. The SMILES string of the molecule is NNc1nc(COC2CCC2)nc2sccc12. The third kappa shape index (κ3) is 2.11. The highest BCUT2D eigenvalue weighted by Gasteiger charge is 2.18. The Kier molecular flexibility index (Phi) is 2.92. The predicted octanol–water partition coefficient (Wildman–Crippen LogP) is 2.05. The molecule has 0 atom stereocenters. The second-order valence-electron chi connectivity index (χ2n) is 4.14. The number of anilines is 1. The molecule has 0 saturated heterocycles. The number of aromatic nitrogens is 2. The number of hydrazine groups is 1. The molecule has 2 aromatic heterocycles. The number of nitrogen functional groups attached to an aromatic ring is 1. The van der Waals surface area contributed by atoms with E-state index in [1.54, 1.807) is 11.3 Å². The molecule has 3 rings (SSSR count). The van der Waals surface area contributed by atoms with Gasteiger partial charge in [0.1, 0.15) is 11.4 Å². The van der Waals surface area contributed by atoms with Crippen LogP contribution in [0.2, 0.25) is 0 Å². The number of nitrogens with one attached hydrogen (secondary N) is 1. The Labute approximate surface area is 103 Å². The number of nitrogens with zero attached hydrogens (tertiary/aromatic N) is 2. The molecule has 0 amide bonds. The van der Waals surface area contributed by atoms with E-state index in [1.807, 2.05) is 11.4 Å². The Hall–Kier alpha value is -1.24. The van der Waals surface area contributed by atoms with Crippen molar-refractivity contribution in [2.24, 2.45) is 5.84 Å². The number of nitrogens with two attached hydrogens (primary N) is 1. The monoisotopic (exact) mass is 250 g/mol. The Morgan fingerprint density at radius 2 is 2.35 bits per heavy atom. The highest BCUT2D eigenvalue weighted by atomic mass is 32.1. The van der Waals surface area contributed by atoms with Gasteiger partial charge in [0, 0.05) is 0 Å². The quantitative estimate of drug-likeness (QED) is 0.641. The Balaban J connectivity index is 1.82. The van der Waals surface area contributed by atoms with Crippen molar-refractivity contribution in [3.05, 3.63) is 17.3 Å². The van der Waals surface area contributed by atoms with E-state index < -0.39 is 0 Å². The summed E-state index contributed by atoms with van der Waals surface area (Å²) in [7, 11) is 0. The first kappa shape index (κ1) is 10.9. The van der Waals surface area contributed by atoms with Gasteiger partial charge in [0.25, 0.3) is 0 Å². The van der Waals surface area contributed by atoms with E-state index in [0.29, 0.717) is 24.4 Å². The minimum Gasteiger partial charge on any atom is -0.370 e. The molecule has 0 aliphatic heterocycles. The van der Waals surface area contributed by atoms with Crippen LogP contribution in [0.15, 0.2) is 11.4 Å². The lowest BCUT2D eigenvalue weighted by Crippen LogP contribution is -2.22. The van der Waals surface area contributed by atoms with Crippen molar-refractivity contribution in [2.45, 2.75) is 32.0 Å². The van der Waals surface area contributed by atoms with Gasteiger partial charge in [0.15, 0.2) is 11.6 Å². The van der Waals surface area contributed by atoms with Crippen LogP contribution in [0.5, 0.6) is 0 Å². The maximum atomic E-state index is 5.70. The van der Waals surface area contributed by atoms with Gasteiger partial charge < -0.3 is 10.2 Å². The molecule has 0 spiro atoms. The van der Waals surface area contributed by atoms with Crippen LogP contribution < -0.4 is 11.3 Å². The Morgan fingerprint density at radius 1 is 1.47 bits per heavy atom. The fraction of sp³-hybridized carbons (Fsp3) is 0.455. The van der Waals surface area contributed by atoms with Crippen LogP contribution >= 0.6 is 11.3 Å². The minimum atomic E-state index is 0.395. The number of hydrogen-bond donors (Lipinski definition) is 2. The summed E-state index contributed by atoms with van der Waals surface area (Å²) in [6, 6.07) is 1.96. The molecule has 0 radical (unpaired) electrons. The van der Waals surface area contributed by atoms with Gasteiger partial charge in [-0.25, -0.2) is 15.8 Å². The molecule has 1 saturated carbocycles. The van der Waals surface area contributed by atoms with Gasteiger partial charge >= 0.3 is 0 Å². The fourth-order valence-electron chi connectivity index (χ4n) is 1.80. The molecule has 6 heteroatoms. The zero-order valence-electron chi connectivity index (χ0n) is 9.35. The molecular formula is C11H14N4OS. The lowest BCUT2D eigenvalue weighted by Gasteiger charge is -2.25. The molecule has 0 aromatic carbocycles. The lowest BCUT2D eigenvalue weighted by molar-refractivity contribution is -0.0115. The first-order chi connectivity index (χ1) is 8.36. The number of fused-ring (bicyclic) bond motifs is 1. The zero-order valence-corrected chi connectivity index (χ0v) is 10.2. The summed E-state index contributed by atoms with van der Waals surface area (Å²) in [4.78, 5) is 9.76. The maximum Gasteiger partial charge on any atom is 0.158 e. The van der Waals surface area contributed by atoms with Gasteiger partial charge in [-0.3, -0.25) is 0 Å². The highest BCUT2D eigenvalue weighted by molar-refractivity contribution is 7.16. The van der Waals surface area contributed by atoms with Crippen LogP contribution in [-0.2, 0) is 11.3 Å². The van der Waals surface area contributed by atoms with Crippen molar-refractivity contribution >= 4 is 27.4 Å². The third-order valence-electron chi connectivity index (χ3n) is 3.01. The molecule has 1 aliphatic rings. The van der Waals surface area contributed by atoms with Crippen LogP contribution in [0.25, 0.3) is 10.2 Å². The molecule has 3 N–H and O–H groups in total. The Bertz CT molecular complexity index is 523.